The first-order chi connectivity index (χ1) is 13.5. The van der Waals surface area contributed by atoms with Gasteiger partial charge in [-0.05, 0) is 37.8 Å². The van der Waals surface area contributed by atoms with Crippen molar-refractivity contribution in [3.63, 3.8) is 0 Å². The van der Waals surface area contributed by atoms with Crippen LogP contribution in [0.1, 0.15) is 53.7 Å². The summed E-state index contributed by atoms with van der Waals surface area (Å²) in [6.07, 6.45) is 4.43. The van der Waals surface area contributed by atoms with Crippen LogP contribution in [-0.4, -0.2) is 29.5 Å². The lowest BCUT2D eigenvalue weighted by Crippen LogP contribution is -2.42. The quantitative estimate of drug-likeness (QED) is 0.711. The molecule has 2 aromatic rings. The first-order valence-electron chi connectivity index (χ1n) is 9.62. The lowest BCUT2D eigenvalue weighted by atomic mass is 9.86. The van der Waals surface area contributed by atoms with Gasteiger partial charge in [-0.3, -0.25) is 4.79 Å². The van der Waals surface area contributed by atoms with Gasteiger partial charge in [0.15, 0.2) is 6.61 Å². The standard InChI is InChI=1S/C21H26N2O4S/c1-14-7-3-5-9-18(14)23-20(24)12-27-21(25)17-8-4-6-10-19(17)26-11-16-13-28-15(2)22-16/h4,6,8,10,13-14,18H,3,5,7,9,11-12H2,1-2H3,(H,23,24)/t14-,18+/m0/s1. The van der Waals surface area contributed by atoms with Crippen LogP contribution >= 0.6 is 11.3 Å². The molecule has 1 aliphatic carbocycles. The zero-order valence-corrected chi connectivity index (χ0v) is 17.1. The summed E-state index contributed by atoms with van der Waals surface area (Å²) in [5.41, 5.74) is 1.11. The zero-order valence-electron chi connectivity index (χ0n) is 16.3. The Hall–Kier alpha value is -2.41. The number of aryl methyl sites for hydroxylation is 1. The van der Waals surface area contributed by atoms with E-state index < -0.39 is 5.97 Å². The number of ether oxygens (including phenoxy) is 2. The number of nitrogens with one attached hydrogen (secondary N) is 1. The molecule has 28 heavy (non-hydrogen) atoms. The summed E-state index contributed by atoms with van der Waals surface area (Å²) >= 11 is 1.55. The van der Waals surface area contributed by atoms with Gasteiger partial charge in [0.1, 0.15) is 17.9 Å². The lowest BCUT2D eigenvalue weighted by Gasteiger charge is -2.29. The van der Waals surface area contributed by atoms with E-state index >= 15 is 0 Å². The average Bonchev–Trinajstić information content (AvgIpc) is 3.12. The number of rotatable bonds is 7. The second-order valence-corrected chi connectivity index (χ2v) is 8.22. The molecule has 1 aromatic carbocycles. The van der Waals surface area contributed by atoms with E-state index in [9.17, 15) is 9.59 Å². The Kier molecular flexibility index (Phi) is 7.03. The van der Waals surface area contributed by atoms with Crippen molar-refractivity contribution < 1.29 is 19.1 Å². The van der Waals surface area contributed by atoms with Crippen molar-refractivity contribution in [1.29, 1.82) is 0 Å². The van der Waals surface area contributed by atoms with Crippen molar-refractivity contribution >= 4 is 23.2 Å². The van der Waals surface area contributed by atoms with Crippen LogP contribution in [0.25, 0.3) is 0 Å². The van der Waals surface area contributed by atoms with E-state index in [1.807, 2.05) is 12.3 Å². The van der Waals surface area contributed by atoms with Crippen molar-refractivity contribution in [2.45, 2.75) is 52.2 Å². The maximum absolute atomic E-state index is 12.4. The smallest absolute Gasteiger partial charge is 0.342 e. The highest BCUT2D eigenvalue weighted by atomic mass is 32.1. The molecule has 1 N–H and O–H groups in total. The van der Waals surface area contributed by atoms with E-state index in [1.165, 1.54) is 6.42 Å². The molecule has 0 spiro atoms. The monoisotopic (exact) mass is 402 g/mol. The van der Waals surface area contributed by atoms with E-state index in [0.29, 0.717) is 17.2 Å². The first-order valence-corrected chi connectivity index (χ1v) is 10.5. The van der Waals surface area contributed by atoms with Crippen molar-refractivity contribution in [2.24, 2.45) is 5.92 Å². The Morgan fingerprint density at radius 1 is 1.25 bits per heavy atom. The van der Waals surface area contributed by atoms with Gasteiger partial charge >= 0.3 is 5.97 Å². The maximum atomic E-state index is 12.4. The van der Waals surface area contributed by atoms with Gasteiger partial charge in [0.25, 0.3) is 5.91 Å². The third-order valence-electron chi connectivity index (χ3n) is 4.94. The molecule has 7 heteroatoms. The molecule has 0 unspecified atom stereocenters. The molecule has 0 aliphatic heterocycles. The van der Waals surface area contributed by atoms with Gasteiger partial charge in [-0.15, -0.1) is 11.3 Å². The number of amides is 1. The number of aromatic nitrogens is 1. The number of benzene rings is 1. The molecular weight excluding hydrogens is 376 g/mol. The molecule has 150 valence electrons. The predicted octanol–water partition coefficient (Wildman–Crippen LogP) is 3.88. The molecule has 0 radical (unpaired) electrons. The largest absolute Gasteiger partial charge is 0.486 e. The van der Waals surface area contributed by atoms with E-state index in [1.54, 1.807) is 35.6 Å². The second kappa shape index (κ2) is 9.68. The number of para-hydroxylation sites is 1. The highest BCUT2D eigenvalue weighted by Gasteiger charge is 2.23. The van der Waals surface area contributed by atoms with Crippen molar-refractivity contribution in [3.8, 4) is 5.75 Å². The summed E-state index contributed by atoms with van der Waals surface area (Å²) in [6.45, 7) is 4.06. The van der Waals surface area contributed by atoms with E-state index in [0.717, 1.165) is 30.0 Å². The Bertz CT molecular complexity index is 820. The molecule has 1 saturated carbocycles. The van der Waals surface area contributed by atoms with Gasteiger partial charge in [-0.2, -0.15) is 0 Å². The van der Waals surface area contributed by atoms with Crippen molar-refractivity contribution in [3.05, 3.63) is 45.9 Å². The van der Waals surface area contributed by atoms with Crippen molar-refractivity contribution in [1.82, 2.24) is 10.3 Å². The number of esters is 1. The fraction of sp³-hybridized carbons (Fsp3) is 0.476. The molecule has 3 rings (SSSR count). The van der Waals surface area contributed by atoms with Crippen LogP contribution < -0.4 is 10.1 Å². The number of hydrogen-bond acceptors (Lipinski definition) is 6. The fourth-order valence-corrected chi connectivity index (χ4v) is 3.97. The lowest BCUT2D eigenvalue weighted by molar-refractivity contribution is -0.125. The number of hydrogen-bond donors (Lipinski definition) is 1. The average molecular weight is 403 g/mol. The first kappa shape index (κ1) is 20.3. The summed E-state index contributed by atoms with van der Waals surface area (Å²) in [6, 6.07) is 7.03. The minimum Gasteiger partial charge on any atom is -0.486 e. The van der Waals surface area contributed by atoms with Crippen LogP contribution in [0, 0.1) is 12.8 Å². The molecule has 1 fully saturated rings. The molecule has 1 amide bonds. The number of thiazole rings is 1. The van der Waals surface area contributed by atoms with Gasteiger partial charge in [-0.1, -0.05) is 31.9 Å². The predicted molar refractivity (Wildman–Crippen MR) is 107 cm³/mol. The Balaban J connectivity index is 1.53. The van der Waals surface area contributed by atoms with Gasteiger partial charge in [-0.25, -0.2) is 9.78 Å². The highest BCUT2D eigenvalue weighted by Crippen LogP contribution is 2.24. The third kappa shape index (κ3) is 5.55. The van der Waals surface area contributed by atoms with E-state index in [-0.39, 0.29) is 25.2 Å². The van der Waals surface area contributed by atoms with Crippen LogP contribution in [-0.2, 0) is 16.1 Å². The second-order valence-electron chi connectivity index (χ2n) is 7.15. The van der Waals surface area contributed by atoms with Crippen LogP contribution in [0.2, 0.25) is 0 Å². The minimum atomic E-state index is -0.572. The molecular formula is C21H26N2O4S. The summed E-state index contributed by atoms with van der Waals surface area (Å²) in [7, 11) is 0. The zero-order chi connectivity index (χ0) is 19.9. The number of carbonyl (C=O) groups excluding carboxylic acids is 2. The molecule has 0 bridgehead atoms. The Labute approximate surface area is 169 Å². The topological polar surface area (TPSA) is 77.5 Å². The Morgan fingerprint density at radius 2 is 2.04 bits per heavy atom. The molecule has 2 atom stereocenters. The van der Waals surface area contributed by atoms with Crippen LogP contribution in [0.15, 0.2) is 29.6 Å². The summed E-state index contributed by atoms with van der Waals surface area (Å²) in [4.78, 5) is 29.0. The van der Waals surface area contributed by atoms with Crippen LogP contribution in [0.3, 0.4) is 0 Å². The molecule has 1 heterocycles. The van der Waals surface area contributed by atoms with E-state index in [4.69, 9.17) is 9.47 Å². The number of nitrogens with zero attached hydrogens (tertiary/aromatic N) is 1. The molecule has 1 aliphatic rings. The highest BCUT2D eigenvalue weighted by molar-refractivity contribution is 7.09. The third-order valence-corrected chi connectivity index (χ3v) is 5.76. The van der Waals surface area contributed by atoms with Gasteiger partial charge in [0.05, 0.1) is 10.7 Å². The van der Waals surface area contributed by atoms with Crippen LogP contribution in [0.5, 0.6) is 5.75 Å². The fourth-order valence-electron chi connectivity index (χ4n) is 3.38. The summed E-state index contributed by atoms with van der Waals surface area (Å²) in [5.74, 6) is 0.0386. The number of carbonyl (C=O) groups is 2. The summed E-state index contributed by atoms with van der Waals surface area (Å²) < 4.78 is 11.0. The van der Waals surface area contributed by atoms with E-state index in [2.05, 4.69) is 17.2 Å². The molecule has 0 saturated heterocycles. The SMILES string of the molecule is Cc1nc(COc2ccccc2C(=O)OCC(=O)N[C@@H]2CCCC[C@@H]2C)cs1. The molecule has 1 aromatic heterocycles. The van der Waals surface area contributed by atoms with Gasteiger partial charge in [0.2, 0.25) is 0 Å². The summed E-state index contributed by atoms with van der Waals surface area (Å²) in [5, 5.41) is 5.87. The minimum absolute atomic E-state index is 0.164. The van der Waals surface area contributed by atoms with Gasteiger partial charge < -0.3 is 14.8 Å². The maximum Gasteiger partial charge on any atom is 0.342 e. The Morgan fingerprint density at radius 3 is 2.79 bits per heavy atom. The van der Waals surface area contributed by atoms with Crippen LogP contribution in [0.4, 0.5) is 0 Å². The van der Waals surface area contributed by atoms with Crippen molar-refractivity contribution in [2.75, 3.05) is 6.61 Å². The normalized spacial score (nSPS) is 19.1. The van der Waals surface area contributed by atoms with Gasteiger partial charge in [0, 0.05) is 11.4 Å². The molecule has 6 nitrogen and oxygen atoms in total.